The van der Waals surface area contributed by atoms with Gasteiger partial charge in [-0.05, 0) is 55.7 Å². The summed E-state index contributed by atoms with van der Waals surface area (Å²) in [7, 11) is 0. The van der Waals surface area contributed by atoms with Gasteiger partial charge in [-0.25, -0.2) is 0 Å². The SMILES string of the molecule is C=CCn1c(COc2ccc(C)cc2)nnc1S[C@@H](C(=O)Nc1cc(C)ccc1C)c1ccccc1. The molecule has 0 bridgehead atoms. The predicted octanol–water partition coefficient (Wildman–Crippen LogP) is 6.44. The van der Waals surface area contributed by atoms with Crippen molar-refractivity contribution in [3.8, 4) is 5.75 Å². The van der Waals surface area contributed by atoms with E-state index in [9.17, 15) is 4.79 Å². The lowest BCUT2D eigenvalue weighted by atomic mass is 10.1. The first kappa shape index (κ1) is 25.3. The van der Waals surface area contributed by atoms with Gasteiger partial charge in [-0.3, -0.25) is 9.36 Å². The number of carbonyl (C=O) groups excluding carboxylic acids is 1. The van der Waals surface area contributed by atoms with Gasteiger partial charge in [0, 0.05) is 12.2 Å². The first-order chi connectivity index (χ1) is 17.4. The van der Waals surface area contributed by atoms with Crippen molar-refractivity contribution in [2.75, 3.05) is 5.32 Å². The highest BCUT2D eigenvalue weighted by Gasteiger charge is 2.26. The number of hydrogen-bond donors (Lipinski definition) is 1. The number of carbonyl (C=O) groups is 1. The fraction of sp³-hybridized carbons (Fsp3) is 0.207. The number of aryl methyl sites for hydroxylation is 3. The number of anilines is 1. The van der Waals surface area contributed by atoms with Crippen LogP contribution < -0.4 is 10.1 Å². The van der Waals surface area contributed by atoms with Crippen molar-refractivity contribution in [1.29, 1.82) is 0 Å². The molecule has 7 heteroatoms. The monoisotopic (exact) mass is 498 g/mol. The number of allylic oxidation sites excluding steroid dienone is 1. The summed E-state index contributed by atoms with van der Waals surface area (Å²) in [6.07, 6.45) is 1.79. The first-order valence-electron chi connectivity index (χ1n) is 11.8. The average molecular weight is 499 g/mol. The molecule has 0 saturated carbocycles. The largest absolute Gasteiger partial charge is 0.486 e. The van der Waals surface area contributed by atoms with E-state index in [1.807, 2.05) is 98.1 Å². The van der Waals surface area contributed by atoms with Gasteiger partial charge in [-0.1, -0.05) is 78.0 Å². The summed E-state index contributed by atoms with van der Waals surface area (Å²) in [6, 6.07) is 23.6. The number of amides is 1. The molecular weight excluding hydrogens is 468 g/mol. The van der Waals surface area contributed by atoms with Gasteiger partial charge in [0.25, 0.3) is 0 Å². The topological polar surface area (TPSA) is 69.0 Å². The zero-order valence-electron chi connectivity index (χ0n) is 20.8. The van der Waals surface area contributed by atoms with Crippen LogP contribution in [0.4, 0.5) is 5.69 Å². The second-order valence-corrected chi connectivity index (χ2v) is 9.69. The number of nitrogens with zero attached hydrogens (tertiary/aromatic N) is 3. The van der Waals surface area contributed by atoms with Crippen LogP contribution in [-0.4, -0.2) is 20.7 Å². The van der Waals surface area contributed by atoms with Crippen LogP contribution in [0, 0.1) is 20.8 Å². The first-order valence-corrected chi connectivity index (χ1v) is 12.6. The highest BCUT2D eigenvalue weighted by atomic mass is 32.2. The zero-order chi connectivity index (χ0) is 25.5. The average Bonchev–Trinajstić information content (AvgIpc) is 3.26. The molecule has 0 unspecified atom stereocenters. The number of nitrogens with one attached hydrogen (secondary N) is 1. The van der Waals surface area contributed by atoms with E-state index in [1.54, 1.807) is 6.08 Å². The minimum absolute atomic E-state index is 0.120. The molecule has 1 heterocycles. The van der Waals surface area contributed by atoms with Gasteiger partial charge in [0.05, 0.1) is 0 Å². The van der Waals surface area contributed by atoms with Crippen molar-refractivity contribution in [2.24, 2.45) is 0 Å². The maximum absolute atomic E-state index is 13.6. The highest BCUT2D eigenvalue weighted by Crippen LogP contribution is 2.36. The van der Waals surface area contributed by atoms with Crippen molar-refractivity contribution >= 4 is 23.4 Å². The third kappa shape index (κ3) is 6.23. The van der Waals surface area contributed by atoms with Crippen LogP contribution in [0.15, 0.2) is 90.6 Å². The Kier molecular flexibility index (Phi) is 8.23. The van der Waals surface area contributed by atoms with E-state index in [1.165, 1.54) is 17.3 Å². The minimum Gasteiger partial charge on any atom is -0.486 e. The molecule has 0 aliphatic rings. The smallest absolute Gasteiger partial charge is 0.242 e. The molecule has 4 aromatic rings. The maximum atomic E-state index is 13.6. The standard InChI is InChI=1S/C29H30N4O2S/c1-5-17-33-26(19-35-24-15-12-20(2)13-16-24)31-32-29(33)36-27(23-9-7-6-8-10-23)28(34)30-25-18-21(3)11-14-22(25)4/h5-16,18,27H,1,17,19H2,2-4H3,(H,30,34)/t27-/m1/s1. The van der Waals surface area contributed by atoms with Crippen LogP contribution in [0.1, 0.15) is 33.3 Å². The molecule has 184 valence electrons. The normalized spacial score (nSPS) is 11.6. The molecule has 36 heavy (non-hydrogen) atoms. The minimum atomic E-state index is -0.523. The third-order valence-electron chi connectivity index (χ3n) is 5.71. The van der Waals surface area contributed by atoms with E-state index < -0.39 is 5.25 Å². The Labute approximate surface area is 216 Å². The van der Waals surface area contributed by atoms with Crippen molar-refractivity contribution in [3.63, 3.8) is 0 Å². The predicted molar refractivity (Wildman–Crippen MR) is 145 cm³/mol. The van der Waals surface area contributed by atoms with Crippen molar-refractivity contribution in [1.82, 2.24) is 14.8 Å². The molecule has 6 nitrogen and oxygen atoms in total. The lowest BCUT2D eigenvalue weighted by Gasteiger charge is -2.18. The molecule has 1 atom stereocenters. The molecule has 0 aliphatic heterocycles. The summed E-state index contributed by atoms with van der Waals surface area (Å²) in [5.41, 5.74) is 4.96. The van der Waals surface area contributed by atoms with Gasteiger partial charge in [0.1, 0.15) is 17.6 Å². The van der Waals surface area contributed by atoms with Crippen molar-refractivity contribution < 1.29 is 9.53 Å². The molecule has 0 saturated heterocycles. The number of aromatic nitrogens is 3. The molecule has 3 aromatic carbocycles. The molecule has 0 fully saturated rings. The van der Waals surface area contributed by atoms with Crippen LogP contribution in [-0.2, 0) is 17.9 Å². The molecule has 0 aliphatic carbocycles. The quantitative estimate of drug-likeness (QED) is 0.201. The number of thioether (sulfide) groups is 1. The van der Waals surface area contributed by atoms with Gasteiger partial charge >= 0.3 is 0 Å². The summed E-state index contributed by atoms with van der Waals surface area (Å²) >= 11 is 1.36. The number of benzene rings is 3. The fourth-order valence-corrected chi connectivity index (χ4v) is 4.75. The summed E-state index contributed by atoms with van der Waals surface area (Å²) in [5, 5.41) is 12.0. The van der Waals surface area contributed by atoms with Crippen LogP contribution in [0.5, 0.6) is 5.75 Å². The number of rotatable bonds is 10. The number of ether oxygens (including phenoxy) is 1. The van der Waals surface area contributed by atoms with Gasteiger partial charge in [-0.15, -0.1) is 16.8 Å². The van der Waals surface area contributed by atoms with Gasteiger partial charge in [-0.2, -0.15) is 0 Å². The summed E-state index contributed by atoms with van der Waals surface area (Å²) in [4.78, 5) is 13.6. The van der Waals surface area contributed by atoms with Crippen LogP contribution in [0.3, 0.4) is 0 Å². The Morgan fingerprint density at radius 3 is 2.47 bits per heavy atom. The van der Waals surface area contributed by atoms with Crippen LogP contribution >= 0.6 is 11.8 Å². The fourth-order valence-electron chi connectivity index (χ4n) is 3.68. The van der Waals surface area contributed by atoms with Gasteiger partial charge < -0.3 is 10.1 Å². The zero-order valence-corrected chi connectivity index (χ0v) is 21.6. The lowest BCUT2D eigenvalue weighted by Crippen LogP contribution is -2.20. The van der Waals surface area contributed by atoms with Crippen LogP contribution in [0.25, 0.3) is 0 Å². The molecule has 1 amide bonds. The van der Waals surface area contributed by atoms with Crippen molar-refractivity contribution in [2.45, 2.75) is 44.3 Å². The Balaban J connectivity index is 1.59. The Hall–Kier alpha value is -3.84. The van der Waals surface area contributed by atoms with Gasteiger partial charge in [0.15, 0.2) is 11.0 Å². The second-order valence-electron chi connectivity index (χ2n) is 8.62. The van der Waals surface area contributed by atoms with Crippen LogP contribution in [0.2, 0.25) is 0 Å². The lowest BCUT2D eigenvalue weighted by molar-refractivity contribution is -0.115. The Morgan fingerprint density at radius 1 is 1.03 bits per heavy atom. The molecule has 0 spiro atoms. The molecule has 1 N–H and O–H groups in total. The molecular formula is C29H30N4O2S. The van der Waals surface area contributed by atoms with E-state index in [-0.39, 0.29) is 12.5 Å². The van der Waals surface area contributed by atoms with E-state index in [2.05, 4.69) is 22.1 Å². The Morgan fingerprint density at radius 2 is 1.75 bits per heavy atom. The number of hydrogen-bond acceptors (Lipinski definition) is 5. The highest BCUT2D eigenvalue weighted by molar-refractivity contribution is 8.00. The van der Waals surface area contributed by atoms with E-state index >= 15 is 0 Å². The molecule has 0 radical (unpaired) electrons. The van der Waals surface area contributed by atoms with Crippen molar-refractivity contribution in [3.05, 3.63) is 114 Å². The summed E-state index contributed by atoms with van der Waals surface area (Å²) in [6.45, 7) is 10.7. The van der Waals surface area contributed by atoms with E-state index in [0.717, 1.165) is 28.1 Å². The third-order valence-corrected chi connectivity index (χ3v) is 6.94. The Bertz CT molecular complexity index is 1330. The van der Waals surface area contributed by atoms with Gasteiger partial charge in [0.2, 0.25) is 5.91 Å². The van der Waals surface area contributed by atoms with E-state index in [0.29, 0.717) is 17.5 Å². The summed E-state index contributed by atoms with van der Waals surface area (Å²) < 4.78 is 7.88. The van der Waals surface area contributed by atoms with E-state index in [4.69, 9.17) is 4.74 Å². The maximum Gasteiger partial charge on any atom is 0.242 e. The molecule has 1 aromatic heterocycles. The second kappa shape index (κ2) is 11.7. The summed E-state index contributed by atoms with van der Waals surface area (Å²) in [5.74, 6) is 1.31. The molecule has 4 rings (SSSR count).